The highest BCUT2D eigenvalue weighted by Gasteiger charge is 2.37. The van der Waals surface area contributed by atoms with E-state index >= 15 is 0 Å². The topological polar surface area (TPSA) is 66.0 Å². The van der Waals surface area contributed by atoms with Crippen LogP contribution in [0.5, 0.6) is 0 Å². The van der Waals surface area contributed by atoms with E-state index in [2.05, 4.69) is 14.5 Å². The molecule has 0 radical (unpaired) electrons. The molecular weight excluding hydrogens is 240 g/mol. The van der Waals surface area contributed by atoms with E-state index in [1.807, 2.05) is 18.6 Å². The number of ether oxygens (including phenoxy) is 1. The highest BCUT2D eigenvalue weighted by molar-refractivity contribution is 5.72. The maximum absolute atomic E-state index is 6.01. The molecule has 2 heterocycles. The van der Waals surface area contributed by atoms with Gasteiger partial charge >= 0.3 is 0 Å². The zero-order chi connectivity index (χ0) is 13.3. The number of nitrogens with zero attached hydrogens (tertiary/aromatic N) is 3. The minimum atomic E-state index is -0.0353. The fourth-order valence-electron chi connectivity index (χ4n) is 2.60. The van der Waals surface area contributed by atoms with Crippen LogP contribution in [0.15, 0.2) is 31.0 Å². The summed E-state index contributed by atoms with van der Waals surface area (Å²) in [6, 6.07) is 1.81. The first-order valence-electron chi connectivity index (χ1n) is 6.49. The normalized spacial score (nSPS) is 17.1. The van der Waals surface area contributed by atoms with Crippen molar-refractivity contribution in [2.45, 2.75) is 31.4 Å². The monoisotopic (exact) mass is 258 g/mol. The predicted octanol–water partition coefficient (Wildman–Crippen LogP) is 2.10. The van der Waals surface area contributed by atoms with Crippen LogP contribution in [0.4, 0.5) is 5.69 Å². The molecule has 0 unspecified atom stereocenters. The summed E-state index contributed by atoms with van der Waals surface area (Å²) in [5, 5.41) is 0. The maximum Gasteiger partial charge on any atom is 0.0951 e. The predicted molar refractivity (Wildman–Crippen MR) is 73.5 cm³/mol. The van der Waals surface area contributed by atoms with Gasteiger partial charge in [0, 0.05) is 30.8 Å². The largest absolute Gasteiger partial charge is 0.398 e. The van der Waals surface area contributed by atoms with Crippen molar-refractivity contribution in [2.24, 2.45) is 0 Å². The lowest BCUT2D eigenvalue weighted by molar-refractivity contribution is -0.0832. The second kappa shape index (κ2) is 4.66. The molecule has 0 atom stereocenters. The molecule has 5 heteroatoms. The number of nitrogens with two attached hydrogens (primary N) is 1. The molecular formula is C14H18N4O. The molecule has 19 heavy (non-hydrogen) atoms. The van der Waals surface area contributed by atoms with Gasteiger partial charge in [-0.1, -0.05) is 0 Å². The van der Waals surface area contributed by atoms with E-state index in [4.69, 9.17) is 10.5 Å². The van der Waals surface area contributed by atoms with Gasteiger partial charge in [-0.15, -0.1) is 0 Å². The van der Waals surface area contributed by atoms with Gasteiger partial charge in [0.05, 0.1) is 30.4 Å². The summed E-state index contributed by atoms with van der Waals surface area (Å²) in [5.41, 5.74) is 8.61. The highest BCUT2D eigenvalue weighted by atomic mass is 16.5. The Morgan fingerprint density at radius 1 is 1.37 bits per heavy atom. The van der Waals surface area contributed by atoms with Gasteiger partial charge in [0.25, 0.3) is 0 Å². The molecule has 0 amide bonds. The quantitative estimate of drug-likeness (QED) is 0.912. The molecule has 0 aromatic carbocycles. The zero-order valence-electron chi connectivity index (χ0n) is 11.0. The first kappa shape index (κ1) is 12.2. The standard InChI is InChI=1S/C14H18N4O/c1-19-14(4-2-5-14)9-18-10-17-8-13(18)11-7-16-6-3-12(11)15/h3,6-8,10H,2,4-5,9H2,1H3,(H2,15,16). The lowest BCUT2D eigenvalue weighted by atomic mass is 9.80. The van der Waals surface area contributed by atoms with Crippen molar-refractivity contribution in [3.63, 3.8) is 0 Å². The number of pyridine rings is 1. The molecule has 2 aromatic rings. The van der Waals surface area contributed by atoms with Crippen LogP contribution in [0.3, 0.4) is 0 Å². The van der Waals surface area contributed by atoms with E-state index < -0.39 is 0 Å². The van der Waals surface area contributed by atoms with Crippen LogP contribution in [-0.2, 0) is 11.3 Å². The third-order valence-electron chi connectivity index (χ3n) is 4.00. The van der Waals surface area contributed by atoms with Gasteiger partial charge in [-0.25, -0.2) is 4.98 Å². The molecule has 5 nitrogen and oxygen atoms in total. The maximum atomic E-state index is 6.01. The van der Waals surface area contributed by atoms with Crippen LogP contribution in [0.2, 0.25) is 0 Å². The number of nitrogen functional groups attached to an aromatic ring is 1. The van der Waals surface area contributed by atoms with Gasteiger partial charge in [-0.3, -0.25) is 4.98 Å². The molecule has 2 aromatic heterocycles. The Kier molecular flexibility index (Phi) is 2.98. The summed E-state index contributed by atoms with van der Waals surface area (Å²) >= 11 is 0. The van der Waals surface area contributed by atoms with Crippen molar-refractivity contribution >= 4 is 5.69 Å². The minimum absolute atomic E-state index is 0.0353. The number of hydrogen-bond donors (Lipinski definition) is 1. The first-order chi connectivity index (χ1) is 9.24. The third-order valence-corrected chi connectivity index (χ3v) is 4.00. The Morgan fingerprint density at radius 2 is 2.21 bits per heavy atom. The van der Waals surface area contributed by atoms with Gasteiger partial charge in [-0.05, 0) is 25.3 Å². The number of imidazole rings is 1. The van der Waals surface area contributed by atoms with Crippen LogP contribution >= 0.6 is 0 Å². The molecule has 0 spiro atoms. The van der Waals surface area contributed by atoms with Crippen molar-refractivity contribution in [1.82, 2.24) is 14.5 Å². The number of anilines is 1. The summed E-state index contributed by atoms with van der Waals surface area (Å²) in [7, 11) is 1.79. The van der Waals surface area contributed by atoms with Gasteiger partial charge in [0.2, 0.25) is 0 Å². The van der Waals surface area contributed by atoms with Gasteiger partial charge in [0.1, 0.15) is 0 Å². The second-order valence-corrected chi connectivity index (χ2v) is 5.11. The average molecular weight is 258 g/mol. The lowest BCUT2D eigenvalue weighted by Gasteiger charge is -2.41. The Balaban J connectivity index is 1.93. The minimum Gasteiger partial charge on any atom is -0.398 e. The Morgan fingerprint density at radius 3 is 2.84 bits per heavy atom. The van der Waals surface area contributed by atoms with E-state index in [0.29, 0.717) is 0 Å². The van der Waals surface area contributed by atoms with Crippen molar-refractivity contribution < 1.29 is 4.74 Å². The molecule has 3 rings (SSSR count). The smallest absolute Gasteiger partial charge is 0.0951 e. The molecule has 1 aliphatic carbocycles. The SMILES string of the molecule is COC1(Cn2cncc2-c2cnccc2N)CCC1. The van der Waals surface area contributed by atoms with Crippen molar-refractivity contribution in [3.05, 3.63) is 31.0 Å². The number of methoxy groups -OCH3 is 1. The Labute approximate surface area is 112 Å². The average Bonchev–Trinajstić information content (AvgIpc) is 2.82. The third kappa shape index (κ3) is 2.10. The fourth-order valence-corrected chi connectivity index (χ4v) is 2.60. The summed E-state index contributed by atoms with van der Waals surface area (Å²) in [4.78, 5) is 8.38. The van der Waals surface area contributed by atoms with Crippen molar-refractivity contribution in [2.75, 3.05) is 12.8 Å². The summed E-state index contributed by atoms with van der Waals surface area (Å²) in [6.45, 7) is 0.813. The Bertz CT molecular complexity index is 569. The van der Waals surface area contributed by atoms with Crippen LogP contribution in [0.1, 0.15) is 19.3 Å². The number of aromatic nitrogens is 3. The van der Waals surface area contributed by atoms with E-state index in [-0.39, 0.29) is 5.60 Å². The fraction of sp³-hybridized carbons (Fsp3) is 0.429. The van der Waals surface area contributed by atoms with Crippen molar-refractivity contribution in [1.29, 1.82) is 0 Å². The van der Waals surface area contributed by atoms with Crippen molar-refractivity contribution in [3.8, 4) is 11.3 Å². The van der Waals surface area contributed by atoms with E-state index in [1.54, 1.807) is 19.5 Å². The summed E-state index contributed by atoms with van der Waals surface area (Å²) in [6.07, 6.45) is 10.6. The van der Waals surface area contributed by atoms with E-state index in [9.17, 15) is 0 Å². The lowest BCUT2D eigenvalue weighted by Crippen LogP contribution is -2.43. The molecule has 1 aliphatic rings. The molecule has 0 saturated heterocycles. The van der Waals surface area contributed by atoms with Crippen LogP contribution in [0, 0.1) is 0 Å². The van der Waals surface area contributed by atoms with Gasteiger partial charge in [0.15, 0.2) is 0 Å². The molecule has 0 bridgehead atoms. The zero-order valence-corrected chi connectivity index (χ0v) is 11.0. The molecule has 1 fully saturated rings. The number of hydrogen-bond acceptors (Lipinski definition) is 4. The Hall–Kier alpha value is -1.88. The first-order valence-corrected chi connectivity index (χ1v) is 6.49. The van der Waals surface area contributed by atoms with Gasteiger partial charge in [-0.2, -0.15) is 0 Å². The summed E-state index contributed by atoms with van der Waals surface area (Å²) < 4.78 is 7.78. The van der Waals surface area contributed by atoms with Crippen LogP contribution < -0.4 is 5.73 Å². The summed E-state index contributed by atoms with van der Waals surface area (Å²) in [5.74, 6) is 0. The second-order valence-electron chi connectivity index (χ2n) is 5.11. The van der Waals surface area contributed by atoms with Gasteiger partial charge < -0.3 is 15.0 Å². The molecule has 1 saturated carbocycles. The van der Waals surface area contributed by atoms with Crippen LogP contribution in [0.25, 0.3) is 11.3 Å². The van der Waals surface area contributed by atoms with E-state index in [1.165, 1.54) is 6.42 Å². The van der Waals surface area contributed by atoms with E-state index in [0.717, 1.165) is 36.3 Å². The number of rotatable bonds is 4. The molecule has 0 aliphatic heterocycles. The highest BCUT2D eigenvalue weighted by Crippen LogP contribution is 2.37. The van der Waals surface area contributed by atoms with Crippen LogP contribution in [-0.4, -0.2) is 27.2 Å². The molecule has 100 valence electrons. The molecule has 2 N–H and O–H groups in total.